The molecule has 0 bridgehead atoms. The Hall–Kier alpha value is -0.770. The number of benzene rings is 1. The van der Waals surface area contributed by atoms with E-state index in [9.17, 15) is 4.39 Å². The average Bonchev–Trinajstić information content (AvgIpc) is 3.03. The third-order valence-corrected chi connectivity index (χ3v) is 5.23. The van der Waals surface area contributed by atoms with Crippen LogP contribution in [0.5, 0.6) is 0 Å². The van der Waals surface area contributed by atoms with Gasteiger partial charge in [0.15, 0.2) is 0 Å². The summed E-state index contributed by atoms with van der Waals surface area (Å²) in [4.78, 5) is 2.35. The standard InChI is InChI=1S/C15H20BrFN2/c16-11-8-13(18)15(9-12(11)17)19-7-3-6-14(19)10-4-1-2-5-10/h8-10,14H,1-7,18H2. The van der Waals surface area contributed by atoms with Gasteiger partial charge in [-0.3, -0.25) is 0 Å². The van der Waals surface area contributed by atoms with Gasteiger partial charge in [-0.05, 0) is 53.6 Å². The second-order valence-electron chi connectivity index (χ2n) is 5.77. The molecule has 2 aliphatic rings. The summed E-state index contributed by atoms with van der Waals surface area (Å²) >= 11 is 3.20. The molecule has 1 aromatic rings. The average molecular weight is 327 g/mol. The molecule has 1 heterocycles. The van der Waals surface area contributed by atoms with E-state index >= 15 is 0 Å². The first-order chi connectivity index (χ1) is 9.16. The highest BCUT2D eigenvalue weighted by Crippen LogP contribution is 2.40. The highest BCUT2D eigenvalue weighted by molar-refractivity contribution is 9.10. The van der Waals surface area contributed by atoms with Crippen LogP contribution in [0, 0.1) is 11.7 Å². The van der Waals surface area contributed by atoms with Crippen LogP contribution in [0.2, 0.25) is 0 Å². The van der Waals surface area contributed by atoms with Crippen molar-refractivity contribution in [1.29, 1.82) is 0 Å². The molecule has 3 rings (SSSR count). The maximum Gasteiger partial charge on any atom is 0.139 e. The number of rotatable bonds is 2. The Morgan fingerprint density at radius 1 is 1.16 bits per heavy atom. The Bertz CT molecular complexity index is 471. The van der Waals surface area contributed by atoms with Gasteiger partial charge in [-0.25, -0.2) is 4.39 Å². The van der Waals surface area contributed by atoms with Gasteiger partial charge >= 0.3 is 0 Å². The van der Waals surface area contributed by atoms with Crippen LogP contribution in [0.15, 0.2) is 16.6 Å². The molecule has 104 valence electrons. The number of nitrogen functional groups attached to an aromatic ring is 1. The third-order valence-electron chi connectivity index (χ3n) is 4.62. The van der Waals surface area contributed by atoms with Crippen molar-refractivity contribution in [3.8, 4) is 0 Å². The first kappa shape index (κ1) is 13.2. The minimum Gasteiger partial charge on any atom is -0.397 e. The van der Waals surface area contributed by atoms with Gasteiger partial charge < -0.3 is 10.6 Å². The van der Waals surface area contributed by atoms with Crippen LogP contribution >= 0.6 is 15.9 Å². The van der Waals surface area contributed by atoms with Gasteiger partial charge in [0.05, 0.1) is 15.8 Å². The van der Waals surface area contributed by atoms with Crippen LogP contribution in [0.25, 0.3) is 0 Å². The fourth-order valence-electron chi connectivity index (χ4n) is 3.72. The van der Waals surface area contributed by atoms with Gasteiger partial charge in [0, 0.05) is 18.7 Å². The second kappa shape index (κ2) is 5.31. The SMILES string of the molecule is Nc1cc(Br)c(F)cc1N1CCCC1C1CCCC1. The van der Waals surface area contributed by atoms with Crippen LogP contribution in [0.4, 0.5) is 15.8 Å². The summed E-state index contributed by atoms with van der Waals surface area (Å²) in [5.74, 6) is 0.551. The number of anilines is 2. The van der Waals surface area contributed by atoms with E-state index in [1.807, 2.05) is 0 Å². The van der Waals surface area contributed by atoms with E-state index in [1.54, 1.807) is 12.1 Å². The van der Waals surface area contributed by atoms with Crippen LogP contribution in [-0.4, -0.2) is 12.6 Å². The summed E-state index contributed by atoms with van der Waals surface area (Å²) in [6.07, 6.45) is 7.75. The summed E-state index contributed by atoms with van der Waals surface area (Å²) in [7, 11) is 0. The Labute approximate surface area is 122 Å². The largest absolute Gasteiger partial charge is 0.397 e. The highest BCUT2D eigenvalue weighted by atomic mass is 79.9. The summed E-state index contributed by atoms with van der Waals surface area (Å²) < 4.78 is 14.2. The van der Waals surface area contributed by atoms with E-state index in [0.29, 0.717) is 16.2 Å². The molecule has 1 saturated heterocycles. The number of nitrogens with two attached hydrogens (primary N) is 1. The minimum atomic E-state index is -0.221. The fraction of sp³-hybridized carbons (Fsp3) is 0.600. The predicted octanol–water partition coefficient (Wildman–Crippen LogP) is 4.33. The molecule has 1 aromatic carbocycles. The molecule has 1 aliphatic heterocycles. The van der Waals surface area contributed by atoms with E-state index in [-0.39, 0.29) is 5.82 Å². The molecule has 1 saturated carbocycles. The van der Waals surface area contributed by atoms with Crippen LogP contribution in [0.3, 0.4) is 0 Å². The molecule has 1 atom stereocenters. The molecule has 0 radical (unpaired) electrons. The number of hydrogen-bond donors (Lipinski definition) is 1. The van der Waals surface area contributed by atoms with Gasteiger partial charge in [-0.2, -0.15) is 0 Å². The summed E-state index contributed by atoms with van der Waals surface area (Å²) in [6.45, 7) is 1.01. The van der Waals surface area contributed by atoms with E-state index in [0.717, 1.165) is 18.2 Å². The Balaban J connectivity index is 1.89. The first-order valence-corrected chi connectivity index (χ1v) is 7.97. The first-order valence-electron chi connectivity index (χ1n) is 7.18. The molecule has 0 aromatic heterocycles. The lowest BCUT2D eigenvalue weighted by Gasteiger charge is -2.32. The lowest BCUT2D eigenvalue weighted by molar-refractivity contribution is 0.430. The lowest BCUT2D eigenvalue weighted by Crippen LogP contribution is -2.35. The Kier molecular flexibility index (Phi) is 3.70. The highest BCUT2D eigenvalue weighted by Gasteiger charge is 2.34. The number of halogens is 2. The molecule has 4 heteroatoms. The molecule has 0 amide bonds. The van der Waals surface area contributed by atoms with Crippen molar-refractivity contribution in [2.45, 2.75) is 44.6 Å². The Morgan fingerprint density at radius 2 is 1.89 bits per heavy atom. The number of nitrogens with zero attached hydrogens (tertiary/aromatic N) is 1. The van der Waals surface area contributed by atoms with Crippen LogP contribution in [0.1, 0.15) is 38.5 Å². The van der Waals surface area contributed by atoms with Gasteiger partial charge in [-0.1, -0.05) is 12.8 Å². The normalized spacial score (nSPS) is 24.3. The molecule has 2 fully saturated rings. The molecule has 1 unspecified atom stereocenters. The minimum absolute atomic E-state index is 0.221. The van der Waals surface area contributed by atoms with Crippen LogP contribution < -0.4 is 10.6 Å². The van der Waals surface area contributed by atoms with E-state index < -0.39 is 0 Å². The van der Waals surface area contributed by atoms with E-state index in [2.05, 4.69) is 20.8 Å². The molecule has 0 spiro atoms. The molecule has 2 nitrogen and oxygen atoms in total. The van der Waals surface area contributed by atoms with E-state index in [1.165, 1.54) is 38.5 Å². The zero-order valence-corrected chi connectivity index (χ0v) is 12.6. The lowest BCUT2D eigenvalue weighted by atomic mass is 9.95. The molecule has 2 N–H and O–H groups in total. The molecular weight excluding hydrogens is 307 g/mol. The summed E-state index contributed by atoms with van der Waals surface area (Å²) in [5.41, 5.74) is 7.66. The van der Waals surface area contributed by atoms with E-state index in [4.69, 9.17) is 5.73 Å². The van der Waals surface area contributed by atoms with Crippen molar-refractivity contribution in [1.82, 2.24) is 0 Å². The predicted molar refractivity (Wildman–Crippen MR) is 80.8 cm³/mol. The second-order valence-corrected chi connectivity index (χ2v) is 6.63. The Morgan fingerprint density at radius 3 is 2.63 bits per heavy atom. The molecular formula is C15H20BrFN2. The van der Waals surface area contributed by atoms with Crippen molar-refractivity contribution >= 4 is 27.3 Å². The summed E-state index contributed by atoms with van der Waals surface area (Å²) in [6, 6.07) is 3.84. The zero-order valence-electron chi connectivity index (χ0n) is 11.0. The molecule has 19 heavy (non-hydrogen) atoms. The van der Waals surface area contributed by atoms with Crippen molar-refractivity contribution in [2.75, 3.05) is 17.2 Å². The fourth-order valence-corrected chi connectivity index (χ4v) is 4.09. The van der Waals surface area contributed by atoms with Gasteiger partial charge in [0.2, 0.25) is 0 Å². The quantitative estimate of drug-likeness (QED) is 0.819. The van der Waals surface area contributed by atoms with Crippen molar-refractivity contribution in [3.05, 3.63) is 22.4 Å². The number of hydrogen-bond acceptors (Lipinski definition) is 2. The van der Waals surface area contributed by atoms with Crippen LogP contribution in [-0.2, 0) is 0 Å². The molecule has 1 aliphatic carbocycles. The topological polar surface area (TPSA) is 29.3 Å². The van der Waals surface area contributed by atoms with Crippen molar-refractivity contribution < 1.29 is 4.39 Å². The van der Waals surface area contributed by atoms with Crippen molar-refractivity contribution in [2.24, 2.45) is 5.92 Å². The van der Waals surface area contributed by atoms with Gasteiger partial charge in [0.25, 0.3) is 0 Å². The van der Waals surface area contributed by atoms with Crippen molar-refractivity contribution in [3.63, 3.8) is 0 Å². The monoisotopic (exact) mass is 326 g/mol. The summed E-state index contributed by atoms with van der Waals surface area (Å²) in [5, 5.41) is 0. The maximum absolute atomic E-state index is 13.8. The smallest absolute Gasteiger partial charge is 0.139 e. The third kappa shape index (κ3) is 2.47. The van der Waals surface area contributed by atoms with Gasteiger partial charge in [0.1, 0.15) is 5.82 Å². The van der Waals surface area contributed by atoms with Gasteiger partial charge in [-0.15, -0.1) is 0 Å². The maximum atomic E-state index is 13.8. The zero-order chi connectivity index (χ0) is 13.4.